The molecule has 2 saturated heterocycles. The third-order valence-electron chi connectivity index (χ3n) is 4.77. The normalized spacial score (nSPS) is 23.4. The molecular formula is C17H31N3O4. The first-order valence-corrected chi connectivity index (χ1v) is 8.75. The number of rotatable bonds is 7. The fraction of sp³-hybridized carbons (Fsp3) is 0.882. The number of hydrogen-bond acceptors (Lipinski definition) is 5. The van der Waals surface area contributed by atoms with Crippen molar-refractivity contribution < 1.29 is 19.1 Å². The summed E-state index contributed by atoms with van der Waals surface area (Å²) in [6.45, 7) is 7.55. The smallest absolute Gasteiger partial charge is 0.239 e. The zero-order chi connectivity index (χ0) is 17.7. The molecule has 0 bridgehead atoms. The van der Waals surface area contributed by atoms with Gasteiger partial charge in [-0.1, -0.05) is 13.8 Å². The molecule has 0 aromatic rings. The van der Waals surface area contributed by atoms with E-state index in [9.17, 15) is 9.59 Å². The van der Waals surface area contributed by atoms with Crippen LogP contribution in [0.5, 0.6) is 0 Å². The summed E-state index contributed by atoms with van der Waals surface area (Å²) >= 11 is 0. The predicted octanol–water partition coefficient (Wildman–Crippen LogP) is 0.0968. The number of likely N-dealkylation sites (tertiary alicyclic amines) is 1. The second-order valence-corrected chi connectivity index (χ2v) is 7.39. The lowest BCUT2D eigenvalue weighted by atomic mass is 9.90. The molecule has 0 saturated carbocycles. The molecule has 0 radical (unpaired) electrons. The van der Waals surface area contributed by atoms with Crippen molar-refractivity contribution in [3.63, 3.8) is 0 Å². The Morgan fingerprint density at radius 3 is 2.62 bits per heavy atom. The number of nitrogens with zero attached hydrogens (tertiary/aromatic N) is 2. The van der Waals surface area contributed by atoms with E-state index in [1.54, 1.807) is 7.11 Å². The van der Waals surface area contributed by atoms with Crippen LogP contribution in [0.3, 0.4) is 0 Å². The van der Waals surface area contributed by atoms with Gasteiger partial charge in [-0.2, -0.15) is 0 Å². The maximum atomic E-state index is 12.2. The van der Waals surface area contributed by atoms with Crippen molar-refractivity contribution >= 4 is 11.8 Å². The second-order valence-electron chi connectivity index (χ2n) is 7.39. The number of likely N-dealkylation sites (N-methyl/N-ethyl adjacent to an activating group) is 1. The van der Waals surface area contributed by atoms with Crippen LogP contribution in [0.2, 0.25) is 0 Å². The third kappa shape index (κ3) is 4.68. The molecule has 2 aliphatic rings. The van der Waals surface area contributed by atoms with Crippen LogP contribution in [0.25, 0.3) is 0 Å². The number of amides is 2. The quantitative estimate of drug-likeness (QED) is 0.665. The van der Waals surface area contributed by atoms with Gasteiger partial charge in [0.05, 0.1) is 26.3 Å². The highest BCUT2D eigenvalue weighted by Crippen LogP contribution is 2.31. The van der Waals surface area contributed by atoms with E-state index in [0.29, 0.717) is 51.7 Å². The van der Waals surface area contributed by atoms with E-state index in [0.717, 1.165) is 6.42 Å². The van der Waals surface area contributed by atoms with Gasteiger partial charge in [0.1, 0.15) is 11.6 Å². The van der Waals surface area contributed by atoms with E-state index in [2.05, 4.69) is 19.2 Å². The number of morpholine rings is 1. The summed E-state index contributed by atoms with van der Waals surface area (Å²) in [6, 6.07) is -0.279. The lowest BCUT2D eigenvalue weighted by molar-refractivity contribution is -0.201. The average molecular weight is 341 g/mol. The van der Waals surface area contributed by atoms with Crippen LogP contribution in [0.4, 0.5) is 0 Å². The highest BCUT2D eigenvalue weighted by molar-refractivity contribution is 5.82. The van der Waals surface area contributed by atoms with Crippen molar-refractivity contribution in [3.8, 4) is 0 Å². The summed E-state index contributed by atoms with van der Waals surface area (Å²) in [5.41, 5.74) is -0.300. The summed E-state index contributed by atoms with van der Waals surface area (Å²) in [5, 5.41) is 2.85. The van der Waals surface area contributed by atoms with Crippen molar-refractivity contribution in [2.75, 3.05) is 53.6 Å². The molecule has 1 atom stereocenters. The highest BCUT2D eigenvalue weighted by Gasteiger charge is 2.50. The van der Waals surface area contributed by atoms with Gasteiger partial charge >= 0.3 is 0 Å². The first-order chi connectivity index (χ1) is 11.4. The van der Waals surface area contributed by atoms with Gasteiger partial charge in [-0.25, -0.2) is 0 Å². The molecule has 7 nitrogen and oxygen atoms in total. The zero-order valence-electron chi connectivity index (χ0n) is 15.3. The number of nitrogens with one attached hydrogen (secondary N) is 1. The van der Waals surface area contributed by atoms with Gasteiger partial charge in [0.15, 0.2) is 0 Å². The van der Waals surface area contributed by atoms with Crippen molar-refractivity contribution in [2.45, 2.75) is 38.3 Å². The standard InChI is InChI=1S/C17H31N3O4/c1-13(2)5-6-15(21)20-11-17(12-20)10-19(3)14(9-24-17)16(22)18-7-8-23-4/h13-14H,5-12H2,1-4H3,(H,18,22)/t14-/m0/s1. The van der Waals surface area contributed by atoms with Gasteiger partial charge in [0.25, 0.3) is 0 Å². The second kappa shape index (κ2) is 8.27. The molecule has 1 N–H and O–H groups in total. The Morgan fingerprint density at radius 1 is 1.33 bits per heavy atom. The van der Waals surface area contributed by atoms with E-state index in [1.165, 1.54) is 0 Å². The summed E-state index contributed by atoms with van der Waals surface area (Å²) in [6.07, 6.45) is 1.53. The number of ether oxygens (including phenoxy) is 2. The Hall–Kier alpha value is -1.18. The van der Waals surface area contributed by atoms with Crippen LogP contribution in [0.15, 0.2) is 0 Å². The maximum Gasteiger partial charge on any atom is 0.239 e. The molecule has 2 fully saturated rings. The molecule has 7 heteroatoms. The highest BCUT2D eigenvalue weighted by atomic mass is 16.5. The molecule has 2 amide bonds. The summed E-state index contributed by atoms with van der Waals surface area (Å²) in [4.78, 5) is 28.2. The number of carbonyl (C=O) groups excluding carboxylic acids is 2. The summed E-state index contributed by atoms with van der Waals surface area (Å²) < 4.78 is 10.9. The first-order valence-electron chi connectivity index (χ1n) is 8.75. The topological polar surface area (TPSA) is 71.1 Å². The summed E-state index contributed by atoms with van der Waals surface area (Å²) in [5.74, 6) is 0.715. The Morgan fingerprint density at radius 2 is 2.04 bits per heavy atom. The van der Waals surface area contributed by atoms with Crippen LogP contribution in [0.1, 0.15) is 26.7 Å². The Kier molecular flexibility index (Phi) is 6.60. The number of hydrogen-bond donors (Lipinski definition) is 1. The molecular weight excluding hydrogens is 310 g/mol. The molecule has 0 unspecified atom stereocenters. The molecule has 0 aromatic heterocycles. The first kappa shape index (κ1) is 19.1. The molecule has 1 spiro atoms. The lowest BCUT2D eigenvalue weighted by Crippen LogP contribution is -2.73. The van der Waals surface area contributed by atoms with Gasteiger partial charge in [-0.3, -0.25) is 14.5 Å². The number of methoxy groups -OCH3 is 1. The van der Waals surface area contributed by atoms with E-state index in [4.69, 9.17) is 9.47 Å². The van der Waals surface area contributed by atoms with Crippen molar-refractivity contribution in [1.29, 1.82) is 0 Å². The average Bonchev–Trinajstić information content (AvgIpc) is 2.50. The maximum absolute atomic E-state index is 12.2. The van der Waals surface area contributed by atoms with Gasteiger partial charge in [0, 0.05) is 26.6 Å². The minimum atomic E-state index is -0.300. The van der Waals surface area contributed by atoms with Gasteiger partial charge in [0.2, 0.25) is 11.8 Å². The molecule has 2 rings (SSSR count). The molecule has 24 heavy (non-hydrogen) atoms. The van der Waals surface area contributed by atoms with E-state index < -0.39 is 0 Å². The Bertz CT molecular complexity index is 449. The van der Waals surface area contributed by atoms with Crippen LogP contribution < -0.4 is 5.32 Å². The molecule has 0 aromatic carbocycles. The lowest BCUT2D eigenvalue weighted by Gasteiger charge is -2.54. The monoisotopic (exact) mass is 341 g/mol. The van der Waals surface area contributed by atoms with Gasteiger partial charge in [-0.15, -0.1) is 0 Å². The molecule has 2 heterocycles. The Labute approximate surface area is 144 Å². The van der Waals surface area contributed by atoms with Crippen molar-refractivity contribution in [1.82, 2.24) is 15.1 Å². The van der Waals surface area contributed by atoms with Gasteiger partial charge in [-0.05, 0) is 19.4 Å². The number of carbonyl (C=O) groups is 2. The fourth-order valence-corrected chi connectivity index (χ4v) is 3.25. The van der Waals surface area contributed by atoms with Crippen LogP contribution in [-0.4, -0.2) is 86.8 Å². The molecule has 138 valence electrons. The van der Waals surface area contributed by atoms with Crippen LogP contribution in [-0.2, 0) is 19.1 Å². The third-order valence-corrected chi connectivity index (χ3v) is 4.77. The Balaban J connectivity index is 1.76. The molecule has 2 aliphatic heterocycles. The van der Waals surface area contributed by atoms with Gasteiger partial charge < -0.3 is 19.7 Å². The van der Waals surface area contributed by atoms with E-state index >= 15 is 0 Å². The van der Waals surface area contributed by atoms with Crippen molar-refractivity contribution in [3.05, 3.63) is 0 Å². The largest absolute Gasteiger partial charge is 0.383 e. The zero-order valence-corrected chi connectivity index (χ0v) is 15.3. The predicted molar refractivity (Wildman–Crippen MR) is 90.6 cm³/mol. The van der Waals surface area contributed by atoms with Crippen molar-refractivity contribution in [2.24, 2.45) is 5.92 Å². The minimum absolute atomic E-state index is 0.0337. The summed E-state index contributed by atoms with van der Waals surface area (Å²) in [7, 11) is 3.55. The van der Waals surface area contributed by atoms with E-state index in [-0.39, 0.29) is 23.5 Å². The van der Waals surface area contributed by atoms with Crippen LogP contribution >= 0.6 is 0 Å². The SMILES string of the molecule is COCCNC(=O)[C@@H]1COC2(CN(C(=O)CCC(C)C)C2)CN1C. The van der Waals surface area contributed by atoms with Crippen LogP contribution in [0, 0.1) is 5.92 Å². The fourth-order valence-electron chi connectivity index (χ4n) is 3.25. The molecule has 0 aliphatic carbocycles. The minimum Gasteiger partial charge on any atom is -0.383 e. The van der Waals surface area contributed by atoms with E-state index in [1.807, 2.05) is 16.8 Å².